The molecule has 0 fully saturated rings. The van der Waals surface area contributed by atoms with E-state index in [4.69, 9.17) is 9.47 Å². The van der Waals surface area contributed by atoms with Crippen molar-refractivity contribution in [1.82, 2.24) is 5.32 Å². The summed E-state index contributed by atoms with van der Waals surface area (Å²) in [5.41, 5.74) is 5.42. The summed E-state index contributed by atoms with van der Waals surface area (Å²) in [4.78, 5) is 25.6. The van der Waals surface area contributed by atoms with Gasteiger partial charge in [0.05, 0.1) is 6.04 Å². The summed E-state index contributed by atoms with van der Waals surface area (Å²) >= 11 is 0. The number of benzene rings is 3. The van der Waals surface area contributed by atoms with Crippen molar-refractivity contribution in [2.45, 2.75) is 64.7 Å². The van der Waals surface area contributed by atoms with E-state index in [1.54, 1.807) is 13.0 Å². The lowest BCUT2D eigenvalue weighted by molar-refractivity contribution is -0.144. The number of hydrogen-bond acceptors (Lipinski definition) is 4. The fourth-order valence-corrected chi connectivity index (χ4v) is 4.56. The third-order valence-corrected chi connectivity index (χ3v) is 6.32. The topological polar surface area (TPSA) is 64.6 Å². The van der Waals surface area contributed by atoms with E-state index in [2.05, 4.69) is 35.6 Å². The van der Waals surface area contributed by atoms with Crippen molar-refractivity contribution in [1.29, 1.82) is 0 Å². The molecule has 0 aromatic heterocycles. The molecule has 0 heterocycles. The predicted molar refractivity (Wildman–Crippen MR) is 146 cm³/mol. The molecule has 0 saturated heterocycles. The van der Waals surface area contributed by atoms with E-state index in [9.17, 15) is 9.59 Å². The average molecular weight is 498 g/mol. The van der Waals surface area contributed by atoms with Gasteiger partial charge in [0.15, 0.2) is 0 Å². The van der Waals surface area contributed by atoms with Crippen LogP contribution in [0.2, 0.25) is 0 Å². The van der Waals surface area contributed by atoms with Crippen LogP contribution in [0.1, 0.15) is 56.9 Å². The molecule has 2 atom stereocenters. The maximum absolute atomic E-state index is 13.0. The molecule has 37 heavy (non-hydrogen) atoms. The number of hydrogen-bond donors (Lipinski definition) is 1. The lowest BCUT2D eigenvalue weighted by Crippen LogP contribution is -2.39. The first-order valence-electron chi connectivity index (χ1n) is 12.8. The summed E-state index contributed by atoms with van der Waals surface area (Å²) in [6, 6.07) is 26.0. The van der Waals surface area contributed by atoms with Crippen LogP contribution in [-0.2, 0) is 27.1 Å². The van der Waals surface area contributed by atoms with Crippen LogP contribution in [0.15, 0.2) is 90.5 Å². The van der Waals surface area contributed by atoms with Crippen LogP contribution < -0.4 is 5.32 Å². The van der Waals surface area contributed by atoms with Crippen LogP contribution in [0, 0.1) is 0 Å². The Morgan fingerprint density at radius 1 is 0.946 bits per heavy atom. The molecular weight excluding hydrogens is 462 g/mol. The second-order valence-electron chi connectivity index (χ2n) is 10.5. The monoisotopic (exact) mass is 497 g/mol. The molecule has 3 aromatic carbocycles. The van der Waals surface area contributed by atoms with Crippen molar-refractivity contribution in [3.05, 3.63) is 107 Å². The van der Waals surface area contributed by atoms with E-state index in [1.807, 2.05) is 69.3 Å². The molecule has 0 radical (unpaired) electrons. The predicted octanol–water partition coefficient (Wildman–Crippen LogP) is 6.97. The lowest BCUT2D eigenvalue weighted by atomic mass is 9.99. The number of fused-ring (bicyclic) bond motifs is 1. The SMILES string of the molecule is CC(=C[C@@H](Cc1ccc(-c2ccccc2)cc1)NC(=O)OC(C)(C)C)C(=O)OC1CCc2ccccc21. The van der Waals surface area contributed by atoms with Gasteiger partial charge in [0.1, 0.15) is 11.7 Å². The van der Waals surface area contributed by atoms with E-state index < -0.39 is 17.7 Å². The van der Waals surface area contributed by atoms with Crippen molar-refractivity contribution in [2.24, 2.45) is 0 Å². The van der Waals surface area contributed by atoms with Crippen molar-refractivity contribution < 1.29 is 19.1 Å². The Hall–Kier alpha value is -3.86. The maximum Gasteiger partial charge on any atom is 0.408 e. The highest BCUT2D eigenvalue weighted by molar-refractivity contribution is 5.88. The van der Waals surface area contributed by atoms with E-state index in [-0.39, 0.29) is 12.1 Å². The minimum atomic E-state index is -0.625. The normalized spacial score (nSPS) is 16.0. The molecule has 192 valence electrons. The van der Waals surface area contributed by atoms with E-state index in [1.165, 1.54) is 5.56 Å². The highest BCUT2D eigenvalue weighted by atomic mass is 16.6. The molecule has 1 N–H and O–H groups in total. The Balaban J connectivity index is 1.48. The number of carbonyl (C=O) groups excluding carboxylic acids is 2. The highest BCUT2D eigenvalue weighted by Gasteiger charge is 2.26. The third-order valence-electron chi connectivity index (χ3n) is 6.32. The molecular formula is C32H35NO4. The lowest BCUT2D eigenvalue weighted by Gasteiger charge is -2.23. The number of alkyl carbamates (subject to hydrolysis) is 1. The number of amides is 1. The van der Waals surface area contributed by atoms with E-state index in [0.717, 1.165) is 35.1 Å². The first kappa shape index (κ1) is 26.2. The minimum absolute atomic E-state index is 0.241. The van der Waals surface area contributed by atoms with Gasteiger partial charge in [-0.05, 0) is 74.8 Å². The fraction of sp³-hybridized carbons (Fsp3) is 0.312. The largest absolute Gasteiger partial charge is 0.454 e. The number of ether oxygens (including phenoxy) is 2. The molecule has 5 heteroatoms. The third kappa shape index (κ3) is 7.32. The quantitative estimate of drug-likeness (QED) is 0.283. The zero-order valence-corrected chi connectivity index (χ0v) is 22.0. The van der Waals surface area contributed by atoms with Gasteiger partial charge >= 0.3 is 12.1 Å². The Bertz CT molecular complexity index is 1260. The summed E-state index contributed by atoms with van der Waals surface area (Å²) in [6.07, 6.45) is 3.18. The van der Waals surface area contributed by atoms with Gasteiger partial charge in [-0.25, -0.2) is 9.59 Å². The van der Waals surface area contributed by atoms with Gasteiger partial charge in [0.2, 0.25) is 0 Å². The van der Waals surface area contributed by atoms with Crippen LogP contribution in [0.5, 0.6) is 0 Å². The zero-order valence-electron chi connectivity index (χ0n) is 22.0. The summed E-state index contributed by atoms with van der Waals surface area (Å²) in [6.45, 7) is 7.19. The summed E-state index contributed by atoms with van der Waals surface area (Å²) in [7, 11) is 0. The van der Waals surface area contributed by atoms with Crippen molar-refractivity contribution >= 4 is 12.1 Å². The van der Waals surface area contributed by atoms with Gasteiger partial charge in [-0.1, -0.05) is 84.9 Å². The summed E-state index contributed by atoms with van der Waals surface area (Å²) in [5, 5.41) is 2.92. The minimum Gasteiger partial charge on any atom is -0.454 e. The van der Waals surface area contributed by atoms with Crippen molar-refractivity contribution in [3.8, 4) is 11.1 Å². The zero-order chi connectivity index (χ0) is 26.4. The van der Waals surface area contributed by atoms with Crippen LogP contribution in [-0.4, -0.2) is 23.7 Å². The number of nitrogens with one attached hydrogen (secondary N) is 1. The molecule has 1 aliphatic rings. The van der Waals surface area contributed by atoms with Gasteiger partial charge in [0, 0.05) is 5.57 Å². The Morgan fingerprint density at radius 2 is 1.59 bits per heavy atom. The summed E-state index contributed by atoms with van der Waals surface area (Å²) in [5.74, 6) is -0.378. The van der Waals surface area contributed by atoms with Crippen LogP contribution in [0.25, 0.3) is 11.1 Å². The molecule has 1 aliphatic carbocycles. The highest BCUT2D eigenvalue weighted by Crippen LogP contribution is 2.34. The van der Waals surface area contributed by atoms with Crippen LogP contribution >= 0.6 is 0 Å². The molecule has 0 spiro atoms. The fourth-order valence-electron chi connectivity index (χ4n) is 4.56. The molecule has 1 unspecified atom stereocenters. The number of carbonyl (C=O) groups is 2. The first-order chi connectivity index (χ1) is 17.7. The number of aryl methyl sites for hydroxylation is 1. The Kier molecular flexibility index (Phi) is 8.12. The van der Waals surface area contributed by atoms with Gasteiger partial charge in [0.25, 0.3) is 0 Å². The van der Waals surface area contributed by atoms with Gasteiger partial charge in [-0.3, -0.25) is 0 Å². The number of rotatable bonds is 7. The second-order valence-corrected chi connectivity index (χ2v) is 10.5. The van der Waals surface area contributed by atoms with Gasteiger partial charge < -0.3 is 14.8 Å². The molecule has 4 rings (SSSR count). The van der Waals surface area contributed by atoms with Crippen LogP contribution in [0.3, 0.4) is 0 Å². The maximum atomic E-state index is 13.0. The van der Waals surface area contributed by atoms with Gasteiger partial charge in [-0.2, -0.15) is 0 Å². The van der Waals surface area contributed by atoms with Gasteiger partial charge in [-0.15, -0.1) is 0 Å². The number of esters is 1. The Morgan fingerprint density at radius 3 is 2.30 bits per heavy atom. The van der Waals surface area contributed by atoms with Crippen LogP contribution in [0.4, 0.5) is 4.79 Å². The standard InChI is InChI=1S/C32H35NO4/c1-22(30(34)36-29-19-18-26-12-8-9-13-28(26)29)20-27(33-31(35)37-32(2,3)4)21-23-14-16-25(17-15-23)24-10-6-5-7-11-24/h5-17,20,27,29H,18-19,21H2,1-4H3,(H,33,35)/t27-,29?/m0/s1. The van der Waals surface area contributed by atoms with E-state index >= 15 is 0 Å². The molecule has 0 bridgehead atoms. The molecule has 0 aliphatic heterocycles. The van der Waals surface area contributed by atoms with Crippen molar-refractivity contribution in [2.75, 3.05) is 0 Å². The molecule has 5 nitrogen and oxygen atoms in total. The second kappa shape index (κ2) is 11.5. The molecule has 3 aromatic rings. The van der Waals surface area contributed by atoms with Crippen molar-refractivity contribution in [3.63, 3.8) is 0 Å². The first-order valence-corrected chi connectivity index (χ1v) is 12.8. The average Bonchev–Trinajstić information content (AvgIpc) is 3.26. The molecule has 1 amide bonds. The smallest absolute Gasteiger partial charge is 0.408 e. The summed E-state index contributed by atoms with van der Waals surface area (Å²) < 4.78 is 11.3. The van der Waals surface area contributed by atoms with E-state index in [0.29, 0.717) is 12.0 Å². The molecule has 0 saturated carbocycles. The Labute approximate surface area is 219 Å².